The van der Waals surface area contributed by atoms with Crippen LogP contribution in [0.1, 0.15) is 31.0 Å². The van der Waals surface area contributed by atoms with Gasteiger partial charge < -0.3 is 24.8 Å². The van der Waals surface area contributed by atoms with Crippen LogP contribution in [-0.4, -0.2) is 40.2 Å². The first-order valence-electron chi connectivity index (χ1n) is 11.1. The molecule has 3 N–H and O–H groups in total. The number of phenolic OH excluding ortho intramolecular Hbond substituents is 2. The molecule has 1 fully saturated rings. The number of phenols is 2. The van der Waals surface area contributed by atoms with E-state index < -0.39 is 23.5 Å². The maximum absolute atomic E-state index is 13.3. The van der Waals surface area contributed by atoms with Gasteiger partial charge in [0.05, 0.1) is 36.1 Å². The first kappa shape index (κ1) is 23.7. The van der Waals surface area contributed by atoms with Crippen molar-refractivity contribution in [2.75, 3.05) is 18.1 Å². The average molecular weight is 475 g/mol. The Kier molecular flexibility index (Phi) is 6.64. The Morgan fingerprint density at radius 3 is 2.26 bits per heavy atom. The highest BCUT2D eigenvalue weighted by molar-refractivity contribution is 6.52. The number of aromatic hydroxyl groups is 2. The van der Waals surface area contributed by atoms with Gasteiger partial charge in [0.15, 0.2) is 0 Å². The van der Waals surface area contributed by atoms with E-state index in [2.05, 4.69) is 0 Å². The summed E-state index contributed by atoms with van der Waals surface area (Å²) in [6, 6.07) is 15.8. The van der Waals surface area contributed by atoms with Crippen molar-refractivity contribution in [3.8, 4) is 23.0 Å². The van der Waals surface area contributed by atoms with Gasteiger partial charge in [-0.2, -0.15) is 0 Å². The zero-order valence-corrected chi connectivity index (χ0v) is 19.3. The van der Waals surface area contributed by atoms with Gasteiger partial charge in [-0.05, 0) is 55.8 Å². The van der Waals surface area contributed by atoms with E-state index >= 15 is 0 Å². The highest BCUT2D eigenvalue weighted by Crippen LogP contribution is 2.45. The number of hydrogen-bond donors (Lipinski definition) is 3. The molecule has 0 aromatic heterocycles. The largest absolute Gasteiger partial charge is 0.508 e. The minimum absolute atomic E-state index is 0.00148. The average Bonchev–Trinajstić information content (AvgIpc) is 3.10. The summed E-state index contributed by atoms with van der Waals surface area (Å²) in [7, 11) is 0. The Morgan fingerprint density at radius 1 is 0.914 bits per heavy atom. The number of aliphatic hydroxyl groups excluding tert-OH is 1. The van der Waals surface area contributed by atoms with Gasteiger partial charge in [-0.3, -0.25) is 14.5 Å². The summed E-state index contributed by atoms with van der Waals surface area (Å²) in [5, 5.41) is 31.6. The van der Waals surface area contributed by atoms with Crippen molar-refractivity contribution in [2.24, 2.45) is 0 Å². The lowest BCUT2D eigenvalue weighted by Gasteiger charge is -2.26. The van der Waals surface area contributed by atoms with E-state index in [0.717, 1.165) is 4.90 Å². The molecule has 1 amide bonds. The number of para-hydroxylation sites is 2. The number of carbonyl (C=O) groups excluding carboxylic acids is 2. The summed E-state index contributed by atoms with van der Waals surface area (Å²) < 4.78 is 11.2. The second kappa shape index (κ2) is 9.80. The number of ketones is 1. The molecule has 0 aliphatic carbocycles. The zero-order chi connectivity index (χ0) is 25.1. The van der Waals surface area contributed by atoms with E-state index in [-0.39, 0.29) is 34.1 Å². The molecule has 180 valence electrons. The number of hydrogen-bond acceptors (Lipinski definition) is 7. The van der Waals surface area contributed by atoms with Crippen LogP contribution in [0.4, 0.5) is 5.69 Å². The van der Waals surface area contributed by atoms with Crippen LogP contribution in [0.3, 0.4) is 0 Å². The summed E-state index contributed by atoms with van der Waals surface area (Å²) in [6.45, 7) is 4.35. The molecule has 1 unspecified atom stereocenters. The topological polar surface area (TPSA) is 117 Å². The molecule has 1 aliphatic rings. The summed E-state index contributed by atoms with van der Waals surface area (Å²) in [6.07, 6.45) is 0. The number of amides is 1. The Labute approximate surface area is 202 Å². The quantitative estimate of drug-likeness (QED) is 0.261. The lowest BCUT2D eigenvalue weighted by Crippen LogP contribution is -2.29. The third kappa shape index (κ3) is 4.38. The first-order chi connectivity index (χ1) is 16.9. The van der Waals surface area contributed by atoms with E-state index in [9.17, 15) is 24.9 Å². The SMILES string of the molecule is CCOc1ccc(/C(O)=C2/C(=O)C(=O)N(c3ccccc3O)C2c2ccc(O)cc2)c(OCC)c1. The second-order valence-corrected chi connectivity index (χ2v) is 7.77. The molecular formula is C27H25NO7. The molecule has 1 heterocycles. The molecule has 3 aromatic rings. The molecule has 0 bridgehead atoms. The maximum Gasteiger partial charge on any atom is 0.300 e. The van der Waals surface area contributed by atoms with Gasteiger partial charge in [-0.25, -0.2) is 0 Å². The Balaban J connectivity index is 1.95. The summed E-state index contributed by atoms with van der Waals surface area (Å²) in [5.41, 5.74) is 0.613. The summed E-state index contributed by atoms with van der Waals surface area (Å²) in [4.78, 5) is 27.7. The van der Waals surface area contributed by atoms with Crippen LogP contribution in [0.25, 0.3) is 5.76 Å². The smallest absolute Gasteiger partial charge is 0.300 e. The fraction of sp³-hybridized carbons (Fsp3) is 0.185. The van der Waals surface area contributed by atoms with Gasteiger partial charge in [-0.15, -0.1) is 0 Å². The predicted molar refractivity (Wildman–Crippen MR) is 130 cm³/mol. The van der Waals surface area contributed by atoms with E-state index in [4.69, 9.17) is 9.47 Å². The summed E-state index contributed by atoms with van der Waals surface area (Å²) in [5.74, 6) is -1.64. The van der Waals surface area contributed by atoms with E-state index in [1.807, 2.05) is 6.92 Å². The van der Waals surface area contributed by atoms with Gasteiger partial charge in [0.25, 0.3) is 11.7 Å². The third-order valence-corrected chi connectivity index (χ3v) is 5.61. The van der Waals surface area contributed by atoms with Crippen LogP contribution in [-0.2, 0) is 9.59 Å². The molecule has 0 radical (unpaired) electrons. The Morgan fingerprint density at radius 2 is 1.60 bits per heavy atom. The highest BCUT2D eigenvalue weighted by atomic mass is 16.5. The third-order valence-electron chi connectivity index (χ3n) is 5.61. The fourth-order valence-corrected chi connectivity index (χ4v) is 4.10. The standard InChI is InChI=1S/C27H25NO7/c1-3-34-18-13-14-19(22(15-18)35-4-2)25(31)23-24(16-9-11-17(29)12-10-16)28(27(33)26(23)32)20-7-5-6-8-21(20)30/h5-15,24,29-31H,3-4H2,1-2H3/b25-23-. The lowest BCUT2D eigenvalue weighted by molar-refractivity contribution is -0.132. The molecule has 0 saturated carbocycles. The van der Waals surface area contributed by atoms with Crippen LogP contribution in [0.5, 0.6) is 23.0 Å². The van der Waals surface area contributed by atoms with Gasteiger partial charge in [0.1, 0.15) is 28.8 Å². The van der Waals surface area contributed by atoms with E-state index in [1.165, 1.54) is 24.3 Å². The van der Waals surface area contributed by atoms with Gasteiger partial charge >= 0.3 is 0 Å². The zero-order valence-electron chi connectivity index (χ0n) is 19.3. The molecule has 8 nitrogen and oxygen atoms in total. The van der Waals surface area contributed by atoms with Crippen molar-refractivity contribution in [3.05, 3.63) is 83.4 Å². The molecule has 3 aromatic carbocycles. The molecule has 4 rings (SSSR count). The Bertz CT molecular complexity index is 1300. The van der Waals surface area contributed by atoms with Gasteiger partial charge in [0, 0.05) is 6.07 Å². The van der Waals surface area contributed by atoms with Crippen molar-refractivity contribution in [1.29, 1.82) is 0 Å². The molecule has 8 heteroatoms. The normalized spacial score (nSPS) is 17.0. The number of ether oxygens (including phenoxy) is 2. The number of carbonyl (C=O) groups is 2. The van der Waals surface area contributed by atoms with E-state index in [1.54, 1.807) is 49.4 Å². The molecule has 35 heavy (non-hydrogen) atoms. The van der Waals surface area contributed by atoms with Gasteiger partial charge in [-0.1, -0.05) is 24.3 Å². The van der Waals surface area contributed by atoms with Crippen molar-refractivity contribution in [3.63, 3.8) is 0 Å². The van der Waals surface area contributed by atoms with Crippen LogP contribution in [0.15, 0.2) is 72.3 Å². The van der Waals surface area contributed by atoms with Crippen molar-refractivity contribution in [2.45, 2.75) is 19.9 Å². The number of benzene rings is 3. The monoisotopic (exact) mass is 475 g/mol. The van der Waals surface area contributed by atoms with Crippen LogP contribution in [0.2, 0.25) is 0 Å². The molecule has 1 aliphatic heterocycles. The second-order valence-electron chi connectivity index (χ2n) is 7.77. The Hall–Kier alpha value is -4.46. The minimum Gasteiger partial charge on any atom is -0.508 e. The summed E-state index contributed by atoms with van der Waals surface area (Å²) >= 11 is 0. The first-order valence-corrected chi connectivity index (χ1v) is 11.1. The van der Waals surface area contributed by atoms with Crippen molar-refractivity contribution < 1.29 is 34.4 Å². The fourth-order valence-electron chi connectivity index (χ4n) is 4.10. The lowest BCUT2D eigenvalue weighted by atomic mass is 9.94. The minimum atomic E-state index is -1.06. The van der Waals surface area contributed by atoms with Crippen LogP contribution in [0, 0.1) is 0 Å². The van der Waals surface area contributed by atoms with Gasteiger partial charge in [0.2, 0.25) is 0 Å². The molecular weight excluding hydrogens is 450 g/mol. The molecule has 1 saturated heterocycles. The predicted octanol–water partition coefficient (Wildman–Crippen LogP) is 4.52. The molecule has 0 spiro atoms. The number of Topliss-reactive ketones (excluding diaryl/α,β-unsaturated/α-hetero) is 1. The van der Waals surface area contributed by atoms with Crippen molar-refractivity contribution in [1.82, 2.24) is 0 Å². The number of anilines is 1. The number of aliphatic hydroxyl groups is 1. The highest BCUT2D eigenvalue weighted by Gasteiger charge is 2.48. The maximum atomic E-state index is 13.3. The molecule has 1 atom stereocenters. The number of rotatable bonds is 7. The van der Waals surface area contributed by atoms with Crippen LogP contribution < -0.4 is 14.4 Å². The van der Waals surface area contributed by atoms with E-state index in [0.29, 0.717) is 24.5 Å². The number of nitrogens with zero attached hydrogens (tertiary/aromatic N) is 1. The van der Waals surface area contributed by atoms with Crippen LogP contribution >= 0.6 is 0 Å². The van der Waals surface area contributed by atoms with Crippen molar-refractivity contribution >= 4 is 23.1 Å².